The minimum absolute atomic E-state index is 0.176. The highest BCUT2D eigenvalue weighted by Crippen LogP contribution is 2.44. The second kappa shape index (κ2) is 33.9. The maximum atomic E-state index is 7.38. The van der Waals surface area contributed by atoms with E-state index in [0.717, 1.165) is 180 Å². The van der Waals surface area contributed by atoms with Crippen LogP contribution in [0.4, 0.5) is 0 Å². The molecule has 368 valence electrons. The fourth-order valence-corrected chi connectivity index (χ4v) is 8.60. The third kappa shape index (κ3) is 22.4. The SMILES string of the molecule is CCCCCCC1OC(CCCCCC)OC2(CCCCCC)OC3OCOC(CCCCCC)(OC(CCCCCC)OC(CCCCCC)(O1)OC(CCCCCC)O3)O2. The van der Waals surface area contributed by atoms with Gasteiger partial charge in [0, 0.05) is 19.3 Å². The van der Waals surface area contributed by atoms with Crippen molar-refractivity contribution in [3.63, 3.8) is 0 Å². The lowest BCUT2D eigenvalue weighted by molar-refractivity contribution is -0.612. The molecule has 5 rings (SSSR count). The van der Waals surface area contributed by atoms with Crippen molar-refractivity contribution in [3.8, 4) is 0 Å². The van der Waals surface area contributed by atoms with E-state index in [9.17, 15) is 0 Å². The van der Waals surface area contributed by atoms with Crippen LogP contribution in [0.15, 0.2) is 0 Å². The van der Waals surface area contributed by atoms with E-state index >= 15 is 0 Å². The average molecular weight is 887 g/mol. The van der Waals surface area contributed by atoms with Gasteiger partial charge in [0.05, 0.1) is 0 Å². The Morgan fingerprint density at radius 1 is 0.323 bits per heavy atom. The van der Waals surface area contributed by atoms with Crippen LogP contribution >= 0.6 is 0 Å². The van der Waals surface area contributed by atoms with E-state index in [2.05, 4.69) is 48.5 Å². The number of unbranched alkanes of at least 4 members (excludes halogenated alkanes) is 21. The number of ether oxygens (including phenoxy) is 11. The van der Waals surface area contributed by atoms with Crippen molar-refractivity contribution < 1.29 is 52.1 Å². The summed E-state index contributed by atoms with van der Waals surface area (Å²) in [6, 6.07) is 0. The molecular formula is C51H98O11. The Balaban J connectivity index is 2.33. The van der Waals surface area contributed by atoms with Gasteiger partial charge in [-0.3, -0.25) is 37.9 Å². The molecule has 0 aromatic carbocycles. The number of hydrogen-bond acceptors (Lipinski definition) is 11. The molecule has 5 aliphatic heterocycles. The molecule has 0 N–H and O–H groups in total. The average Bonchev–Trinajstić information content (AvgIpc) is 3.24. The van der Waals surface area contributed by atoms with E-state index in [4.69, 9.17) is 52.1 Å². The van der Waals surface area contributed by atoms with Crippen LogP contribution in [0, 0.1) is 0 Å². The van der Waals surface area contributed by atoms with Crippen LogP contribution in [0.5, 0.6) is 0 Å². The molecule has 5 heterocycles. The molecule has 0 aliphatic carbocycles. The monoisotopic (exact) mass is 887 g/mol. The zero-order valence-electron chi connectivity index (χ0n) is 41.3. The zero-order chi connectivity index (χ0) is 44.6. The maximum absolute atomic E-state index is 7.38. The first-order valence-electron chi connectivity index (χ1n) is 26.7. The molecule has 62 heavy (non-hydrogen) atoms. The summed E-state index contributed by atoms with van der Waals surface area (Å²) in [6.45, 7) is 14.2. The predicted molar refractivity (Wildman–Crippen MR) is 245 cm³/mol. The van der Waals surface area contributed by atoms with Gasteiger partial charge in [0.15, 0.2) is 32.0 Å². The van der Waals surface area contributed by atoms with Gasteiger partial charge < -0.3 is 14.2 Å². The highest BCUT2D eigenvalue weighted by molar-refractivity contribution is 4.75. The van der Waals surface area contributed by atoms with E-state index in [1.165, 1.54) is 0 Å². The standard InChI is InChI=1S/C51H98O11/c1-8-15-22-29-36-44-54-45(37-30-23-16-9-2)58-51(42-35-28-21-14-7)61-48-52-43-53-49(62-51,40-33-26-19-12-5)59-47(39-32-25-18-11-4)60-50(56-44,41-34-27-20-13-6)57-46(55-48)38-31-24-17-10-3/h44-48H,8-43H2,1-7H3. The molecule has 0 aromatic heterocycles. The largest absolute Gasteiger partial charge is 0.323 e. The molecule has 8 unspecified atom stereocenters. The molecule has 8 atom stereocenters. The normalized spacial score (nSPS) is 29.8. The Labute approximate surface area is 380 Å². The number of fused-ring (bicyclic) bond motifs is 6. The second-order valence-electron chi connectivity index (χ2n) is 18.4. The van der Waals surface area contributed by atoms with Crippen LogP contribution in [-0.2, 0) is 52.1 Å². The summed E-state index contributed by atoms with van der Waals surface area (Å²) in [5.74, 6) is -4.91. The molecule has 5 saturated heterocycles. The van der Waals surface area contributed by atoms with Gasteiger partial charge in [0.2, 0.25) is 0 Å². The van der Waals surface area contributed by atoms with Gasteiger partial charge in [0.25, 0.3) is 24.4 Å². The fraction of sp³-hybridized carbons (Fsp3) is 1.00. The maximum Gasteiger partial charge on any atom is 0.293 e. The topological polar surface area (TPSA) is 102 Å². The minimum atomic E-state index is -1.71. The van der Waals surface area contributed by atoms with Crippen molar-refractivity contribution in [1.82, 2.24) is 0 Å². The first-order valence-corrected chi connectivity index (χ1v) is 26.7. The summed E-state index contributed by atoms with van der Waals surface area (Å²) in [5.41, 5.74) is 0. The third-order valence-electron chi connectivity index (χ3n) is 12.4. The van der Waals surface area contributed by atoms with Crippen LogP contribution in [0.1, 0.15) is 273 Å². The number of hydrogen-bond donors (Lipinski definition) is 0. The van der Waals surface area contributed by atoms with Crippen molar-refractivity contribution >= 4 is 0 Å². The van der Waals surface area contributed by atoms with Gasteiger partial charge in [-0.1, -0.05) is 183 Å². The first-order chi connectivity index (χ1) is 30.3. The predicted octanol–water partition coefficient (Wildman–Crippen LogP) is 15.5. The van der Waals surface area contributed by atoms with Crippen LogP contribution in [-0.4, -0.2) is 56.3 Å². The number of rotatable bonds is 35. The zero-order valence-corrected chi connectivity index (χ0v) is 41.3. The van der Waals surface area contributed by atoms with Crippen LogP contribution in [0.2, 0.25) is 0 Å². The Hall–Kier alpha value is -0.440. The van der Waals surface area contributed by atoms with Crippen LogP contribution in [0.25, 0.3) is 0 Å². The summed E-state index contributed by atoms with van der Waals surface area (Å²) < 4.78 is 78.2. The van der Waals surface area contributed by atoms with E-state index in [0.29, 0.717) is 44.9 Å². The minimum Gasteiger partial charge on any atom is -0.323 e. The Kier molecular flexibility index (Phi) is 30.6. The second-order valence-corrected chi connectivity index (χ2v) is 18.4. The van der Waals surface area contributed by atoms with E-state index in [1.807, 2.05) is 0 Å². The molecule has 0 radical (unpaired) electrons. The highest BCUT2D eigenvalue weighted by atomic mass is 17.1. The molecule has 11 nitrogen and oxygen atoms in total. The Morgan fingerprint density at radius 3 is 1.11 bits per heavy atom. The smallest absolute Gasteiger partial charge is 0.293 e. The Morgan fingerprint density at radius 2 is 0.661 bits per heavy atom. The molecular weight excluding hydrogens is 789 g/mol. The fourth-order valence-electron chi connectivity index (χ4n) is 8.60. The quantitative estimate of drug-likeness (QED) is 0.0569. The first kappa shape index (κ1) is 55.9. The third-order valence-corrected chi connectivity index (χ3v) is 12.4. The van der Waals surface area contributed by atoms with Crippen molar-refractivity contribution in [2.45, 2.75) is 323 Å². The van der Waals surface area contributed by atoms with Crippen LogP contribution in [0.3, 0.4) is 0 Å². The molecule has 5 aliphatic rings. The van der Waals surface area contributed by atoms with Gasteiger partial charge >= 0.3 is 0 Å². The summed E-state index contributed by atoms with van der Waals surface area (Å²) in [4.78, 5) is 0. The van der Waals surface area contributed by atoms with Gasteiger partial charge in [-0.2, -0.15) is 0 Å². The summed E-state index contributed by atoms with van der Waals surface area (Å²) in [5, 5.41) is 0. The molecule has 5 fully saturated rings. The lowest BCUT2D eigenvalue weighted by Crippen LogP contribution is -2.60. The van der Waals surface area contributed by atoms with Crippen molar-refractivity contribution in [3.05, 3.63) is 0 Å². The molecule has 0 aromatic rings. The van der Waals surface area contributed by atoms with Crippen molar-refractivity contribution in [1.29, 1.82) is 0 Å². The summed E-state index contributed by atoms with van der Waals surface area (Å²) in [6.07, 6.45) is 29.5. The van der Waals surface area contributed by atoms with Gasteiger partial charge in [-0.05, 0) is 70.6 Å². The molecule has 0 spiro atoms. The van der Waals surface area contributed by atoms with Gasteiger partial charge in [0.1, 0.15) is 0 Å². The van der Waals surface area contributed by atoms with Crippen molar-refractivity contribution in [2.24, 2.45) is 0 Å². The van der Waals surface area contributed by atoms with E-state index < -0.39 is 49.6 Å². The van der Waals surface area contributed by atoms with E-state index in [1.54, 1.807) is 0 Å². The summed E-state index contributed by atoms with van der Waals surface area (Å²) in [7, 11) is 0. The lowest BCUT2D eigenvalue weighted by atomic mass is 10.1. The molecule has 0 amide bonds. The van der Waals surface area contributed by atoms with Crippen LogP contribution < -0.4 is 0 Å². The summed E-state index contributed by atoms with van der Waals surface area (Å²) >= 11 is 0. The molecule has 0 saturated carbocycles. The molecule has 4 bridgehead atoms. The highest BCUT2D eigenvalue weighted by Gasteiger charge is 2.55. The van der Waals surface area contributed by atoms with Gasteiger partial charge in [-0.15, -0.1) is 0 Å². The lowest BCUT2D eigenvalue weighted by Gasteiger charge is -2.50. The van der Waals surface area contributed by atoms with Gasteiger partial charge in [-0.25, -0.2) is 0 Å². The Bertz CT molecular complexity index is 1050. The van der Waals surface area contributed by atoms with Crippen molar-refractivity contribution in [2.75, 3.05) is 6.79 Å². The van der Waals surface area contributed by atoms with E-state index in [-0.39, 0.29) is 6.79 Å². The molecule has 11 heteroatoms.